The lowest BCUT2D eigenvalue weighted by molar-refractivity contribution is -0.414. The predicted octanol–water partition coefficient (Wildman–Crippen LogP) is 6.14. The lowest BCUT2D eigenvalue weighted by atomic mass is 10.0. The van der Waals surface area contributed by atoms with Crippen LogP contribution in [0.1, 0.15) is 20.8 Å². The van der Waals surface area contributed by atoms with Crippen LogP contribution in [0.3, 0.4) is 0 Å². The zero-order chi connectivity index (χ0) is 19.1. The Morgan fingerprint density at radius 2 is 0.826 bits per heavy atom. The lowest BCUT2D eigenvalue weighted by Gasteiger charge is -2.44. The SMILES string of the molecule is CC[Si](CC)(CC)C(F)(F)C(F)(F)C(F)(F)C(F)(F)C(F)(F)F. The molecule has 12 heteroatoms. The minimum atomic E-state index is -7.30. The van der Waals surface area contributed by atoms with Crippen LogP contribution in [0.15, 0.2) is 0 Å². The standard InChI is InChI=1S/C11H15F11Si/c1-4-23(5-2,6-3)11(21,22)9(16,17)7(12,13)8(14,15)10(18,19)20/h4-6H2,1-3H3. The van der Waals surface area contributed by atoms with E-state index in [0.717, 1.165) is 20.8 Å². The molecular formula is C11H15F11Si. The van der Waals surface area contributed by atoms with E-state index in [4.69, 9.17) is 0 Å². The maximum Gasteiger partial charge on any atom is 0.460 e. The lowest BCUT2D eigenvalue weighted by Crippen LogP contribution is -2.72. The van der Waals surface area contributed by atoms with E-state index in [1.165, 1.54) is 0 Å². The molecule has 0 saturated carbocycles. The van der Waals surface area contributed by atoms with Crippen molar-refractivity contribution in [1.82, 2.24) is 0 Å². The third-order valence-corrected chi connectivity index (χ3v) is 9.94. The van der Waals surface area contributed by atoms with Crippen LogP contribution in [0.4, 0.5) is 48.3 Å². The molecule has 23 heavy (non-hydrogen) atoms. The Balaban J connectivity index is 6.34. The van der Waals surface area contributed by atoms with Crippen LogP contribution >= 0.6 is 0 Å². The summed E-state index contributed by atoms with van der Waals surface area (Å²) in [5.41, 5.74) is -5.66. The van der Waals surface area contributed by atoms with Crippen molar-refractivity contribution in [3.8, 4) is 0 Å². The normalized spacial score (nSPS) is 15.9. The summed E-state index contributed by atoms with van der Waals surface area (Å²) in [7, 11) is -4.59. The van der Waals surface area contributed by atoms with Crippen molar-refractivity contribution in [2.45, 2.75) is 68.4 Å². The van der Waals surface area contributed by atoms with Gasteiger partial charge in [0.05, 0.1) is 0 Å². The first-order valence-electron chi connectivity index (χ1n) is 6.51. The molecule has 0 atom stereocenters. The maximum absolute atomic E-state index is 14.1. The van der Waals surface area contributed by atoms with Gasteiger partial charge in [0.2, 0.25) is 0 Å². The van der Waals surface area contributed by atoms with Crippen LogP contribution in [0, 0.1) is 0 Å². The van der Waals surface area contributed by atoms with Gasteiger partial charge in [-0.25, -0.2) is 8.78 Å². The fourth-order valence-corrected chi connectivity index (χ4v) is 5.98. The highest BCUT2D eigenvalue weighted by atomic mass is 28.3. The minimum Gasteiger partial charge on any atom is -0.205 e. The largest absolute Gasteiger partial charge is 0.460 e. The van der Waals surface area contributed by atoms with Crippen LogP contribution in [-0.2, 0) is 0 Å². The Morgan fingerprint density at radius 3 is 1.04 bits per heavy atom. The molecule has 0 saturated heterocycles. The van der Waals surface area contributed by atoms with Crippen LogP contribution in [0.25, 0.3) is 0 Å². The molecule has 0 radical (unpaired) electrons. The average Bonchev–Trinajstić information content (AvgIpc) is 2.39. The zero-order valence-corrected chi connectivity index (χ0v) is 13.3. The van der Waals surface area contributed by atoms with E-state index in [2.05, 4.69) is 0 Å². The highest BCUT2D eigenvalue weighted by Gasteiger charge is 2.88. The summed E-state index contributed by atoms with van der Waals surface area (Å²) >= 11 is 0. The number of halogens is 11. The highest BCUT2D eigenvalue weighted by molar-refractivity contribution is 6.82. The second-order valence-electron chi connectivity index (χ2n) is 5.14. The molecule has 0 aliphatic heterocycles. The second kappa shape index (κ2) is 6.07. The van der Waals surface area contributed by atoms with E-state index in [0.29, 0.717) is 0 Å². The molecule has 0 rings (SSSR count). The van der Waals surface area contributed by atoms with Crippen molar-refractivity contribution in [2.75, 3.05) is 0 Å². The Bertz CT molecular complexity index is 384. The molecule has 0 unspecified atom stereocenters. The third-order valence-electron chi connectivity index (χ3n) is 4.24. The molecule has 0 aromatic carbocycles. The summed E-state index contributed by atoms with van der Waals surface area (Å²) in [6.07, 6.45) is -7.11. The monoisotopic (exact) mass is 384 g/mol. The van der Waals surface area contributed by atoms with Gasteiger partial charge in [-0.3, -0.25) is 0 Å². The van der Waals surface area contributed by atoms with Crippen LogP contribution in [-0.4, -0.2) is 37.6 Å². The molecule has 140 valence electrons. The molecule has 0 aliphatic carbocycles. The first-order chi connectivity index (χ1) is 9.93. The molecule has 0 bridgehead atoms. The van der Waals surface area contributed by atoms with Crippen molar-refractivity contribution >= 4 is 8.07 Å². The van der Waals surface area contributed by atoms with Crippen LogP contribution in [0.5, 0.6) is 0 Å². The summed E-state index contributed by atoms with van der Waals surface area (Å²) in [5, 5.41) is 0. The van der Waals surface area contributed by atoms with Gasteiger partial charge in [-0.15, -0.1) is 0 Å². The van der Waals surface area contributed by atoms with Crippen LogP contribution < -0.4 is 0 Å². The summed E-state index contributed by atoms with van der Waals surface area (Å²) in [6.45, 7) is 2.97. The molecule has 0 heterocycles. The Labute approximate surface area is 126 Å². The van der Waals surface area contributed by atoms with Crippen molar-refractivity contribution in [2.24, 2.45) is 0 Å². The van der Waals surface area contributed by atoms with E-state index in [9.17, 15) is 48.3 Å². The molecule has 0 aliphatic rings. The number of hydrogen-bond donors (Lipinski definition) is 0. The van der Waals surface area contributed by atoms with Gasteiger partial charge in [-0.1, -0.05) is 38.9 Å². The molecule has 0 fully saturated rings. The number of alkyl halides is 11. The first-order valence-corrected chi connectivity index (χ1v) is 9.13. The average molecular weight is 384 g/mol. The zero-order valence-electron chi connectivity index (χ0n) is 12.3. The third kappa shape index (κ3) is 2.84. The minimum absolute atomic E-state index is 0.684. The maximum atomic E-state index is 14.1. The summed E-state index contributed by atoms with van der Waals surface area (Å²) < 4.78 is 143. The summed E-state index contributed by atoms with van der Waals surface area (Å²) in [5.74, 6) is -21.4. The van der Waals surface area contributed by atoms with E-state index in [1.807, 2.05) is 0 Å². The van der Waals surface area contributed by atoms with Crippen molar-refractivity contribution in [3.63, 3.8) is 0 Å². The van der Waals surface area contributed by atoms with Gasteiger partial charge in [0, 0.05) is 0 Å². The van der Waals surface area contributed by atoms with Gasteiger partial charge in [-0.05, 0) is 0 Å². The molecule has 0 spiro atoms. The Morgan fingerprint density at radius 1 is 0.522 bits per heavy atom. The molecular weight excluding hydrogens is 369 g/mol. The van der Waals surface area contributed by atoms with E-state index in [-0.39, 0.29) is 0 Å². The number of rotatable bonds is 7. The fourth-order valence-electron chi connectivity index (χ4n) is 2.32. The predicted molar refractivity (Wildman–Crippen MR) is 63.0 cm³/mol. The van der Waals surface area contributed by atoms with E-state index in [1.54, 1.807) is 0 Å². The summed E-state index contributed by atoms with van der Waals surface area (Å²) in [4.78, 5) is 0. The van der Waals surface area contributed by atoms with Crippen molar-refractivity contribution < 1.29 is 48.3 Å². The van der Waals surface area contributed by atoms with Gasteiger partial charge >= 0.3 is 23.9 Å². The molecule has 0 aromatic rings. The van der Waals surface area contributed by atoms with E-state index < -0.39 is 55.7 Å². The highest BCUT2D eigenvalue weighted by Crippen LogP contribution is 2.60. The van der Waals surface area contributed by atoms with Gasteiger partial charge in [-0.2, -0.15) is 39.5 Å². The van der Waals surface area contributed by atoms with E-state index >= 15 is 0 Å². The topological polar surface area (TPSA) is 0 Å². The van der Waals surface area contributed by atoms with Crippen molar-refractivity contribution in [3.05, 3.63) is 0 Å². The van der Waals surface area contributed by atoms with Crippen LogP contribution in [0.2, 0.25) is 18.1 Å². The molecule has 0 aromatic heterocycles. The van der Waals surface area contributed by atoms with Gasteiger partial charge < -0.3 is 0 Å². The molecule has 0 amide bonds. The quantitative estimate of drug-likeness (QED) is 0.366. The van der Waals surface area contributed by atoms with Gasteiger partial charge in [0.25, 0.3) is 5.55 Å². The van der Waals surface area contributed by atoms with Crippen molar-refractivity contribution in [1.29, 1.82) is 0 Å². The first kappa shape index (κ1) is 22.4. The summed E-state index contributed by atoms with van der Waals surface area (Å²) in [6, 6.07) is -2.05. The number of hydrogen-bond acceptors (Lipinski definition) is 0. The Hall–Kier alpha value is -0.553. The Kier molecular flexibility index (Phi) is 5.92. The fraction of sp³-hybridized carbons (Fsp3) is 1.00. The molecule has 0 N–H and O–H groups in total. The van der Waals surface area contributed by atoms with Gasteiger partial charge in [0.15, 0.2) is 0 Å². The second-order valence-corrected chi connectivity index (χ2v) is 10.4. The molecule has 0 nitrogen and oxygen atoms in total. The van der Waals surface area contributed by atoms with Gasteiger partial charge in [0.1, 0.15) is 8.07 Å². The smallest absolute Gasteiger partial charge is 0.205 e.